The van der Waals surface area contributed by atoms with Gasteiger partial charge >= 0.3 is 0 Å². The number of halogens is 1. The molecule has 0 radical (unpaired) electrons. The van der Waals surface area contributed by atoms with Crippen molar-refractivity contribution in [3.8, 4) is 22.7 Å². The van der Waals surface area contributed by atoms with Crippen LogP contribution in [0, 0.1) is 5.82 Å². The Hall–Kier alpha value is -3.58. The Labute approximate surface area is 172 Å². The van der Waals surface area contributed by atoms with Crippen LogP contribution in [0.1, 0.15) is 16.8 Å². The Kier molecular flexibility index (Phi) is 4.72. The zero-order valence-electron chi connectivity index (χ0n) is 16.1. The van der Waals surface area contributed by atoms with Gasteiger partial charge in [-0.25, -0.2) is 9.37 Å². The predicted octanol–water partition coefficient (Wildman–Crippen LogP) is 3.79. The summed E-state index contributed by atoms with van der Waals surface area (Å²) in [6.45, 7) is 1.99. The molecule has 3 aromatic heterocycles. The molecule has 4 aromatic rings. The van der Waals surface area contributed by atoms with Crippen LogP contribution in [0.2, 0.25) is 0 Å². The molecule has 150 valence electrons. The minimum atomic E-state index is -0.260. The fourth-order valence-electron chi connectivity index (χ4n) is 3.78. The lowest BCUT2D eigenvalue weighted by Gasteiger charge is -2.27. The molecule has 7 heteroatoms. The molecule has 0 bridgehead atoms. The van der Waals surface area contributed by atoms with Crippen LogP contribution in [0.25, 0.3) is 22.7 Å². The molecule has 30 heavy (non-hydrogen) atoms. The molecule has 1 aliphatic heterocycles. The number of H-pyrrole nitrogens is 1. The van der Waals surface area contributed by atoms with Gasteiger partial charge in [0.05, 0.1) is 17.5 Å². The van der Waals surface area contributed by atoms with Gasteiger partial charge in [0.2, 0.25) is 0 Å². The molecule has 1 aromatic carbocycles. The lowest BCUT2D eigenvalue weighted by Crippen LogP contribution is -2.35. The van der Waals surface area contributed by atoms with E-state index in [2.05, 4.69) is 25.9 Å². The molecule has 0 spiro atoms. The van der Waals surface area contributed by atoms with Crippen LogP contribution in [0.5, 0.6) is 0 Å². The average Bonchev–Trinajstić information content (AvgIpc) is 3.30. The highest BCUT2D eigenvalue weighted by molar-refractivity contribution is 5.62. The first-order valence-electron chi connectivity index (χ1n) is 9.74. The molecule has 0 saturated carbocycles. The maximum absolute atomic E-state index is 13.2. The normalized spacial score (nSPS) is 13.9. The minimum Gasteiger partial charge on any atom is -0.461 e. The number of nitrogens with one attached hydrogen (secondary N) is 1. The van der Waals surface area contributed by atoms with Crippen molar-refractivity contribution in [2.75, 3.05) is 6.54 Å². The van der Waals surface area contributed by atoms with Crippen molar-refractivity contribution in [3.63, 3.8) is 0 Å². The zero-order chi connectivity index (χ0) is 20.5. The largest absolute Gasteiger partial charge is 0.461 e. The highest BCUT2D eigenvalue weighted by Crippen LogP contribution is 2.23. The van der Waals surface area contributed by atoms with Gasteiger partial charge in [0, 0.05) is 44.0 Å². The molecule has 4 heterocycles. The number of furan rings is 1. The van der Waals surface area contributed by atoms with E-state index in [1.54, 1.807) is 36.7 Å². The molecule has 1 aliphatic rings. The summed E-state index contributed by atoms with van der Waals surface area (Å²) in [5, 5.41) is 0. The number of nitrogens with zero attached hydrogens (tertiary/aromatic N) is 3. The predicted molar refractivity (Wildman–Crippen MR) is 110 cm³/mol. The number of pyridine rings is 1. The van der Waals surface area contributed by atoms with E-state index in [-0.39, 0.29) is 11.4 Å². The first-order chi connectivity index (χ1) is 14.7. The second-order valence-electron chi connectivity index (χ2n) is 7.37. The van der Waals surface area contributed by atoms with Gasteiger partial charge in [-0.15, -0.1) is 0 Å². The van der Waals surface area contributed by atoms with Crippen LogP contribution in [-0.2, 0) is 19.5 Å². The van der Waals surface area contributed by atoms with Crippen molar-refractivity contribution in [3.05, 3.63) is 94.1 Å². The summed E-state index contributed by atoms with van der Waals surface area (Å²) in [7, 11) is 0. The van der Waals surface area contributed by atoms with Gasteiger partial charge in [-0.2, -0.15) is 0 Å². The molecule has 5 rings (SSSR count). The number of rotatable bonds is 4. The van der Waals surface area contributed by atoms with Gasteiger partial charge in [0.1, 0.15) is 5.82 Å². The van der Waals surface area contributed by atoms with E-state index in [0.29, 0.717) is 36.7 Å². The third-order valence-electron chi connectivity index (χ3n) is 5.28. The summed E-state index contributed by atoms with van der Waals surface area (Å²) in [6.07, 6.45) is 5.85. The number of hydrogen-bond acceptors (Lipinski definition) is 5. The Morgan fingerprint density at radius 1 is 1.13 bits per heavy atom. The van der Waals surface area contributed by atoms with Gasteiger partial charge in [-0.1, -0.05) is 12.1 Å². The van der Waals surface area contributed by atoms with E-state index in [0.717, 1.165) is 28.9 Å². The first kappa shape index (κ1) is 18.4. The lowest BCUT2D eigenvalue weighted by molar-refractivity contribution is 0.241. The van der Waals surface area contributed by atoms with E-state index in [9.17, 15) is 9.18 Å². The number of benzene rings is 1. The van der Waals surface area contributed by atoms with E-state index < -0.39 is 0 Å². The zero-order valence-corrected chi connectivity index (χ0v) is 16.1. The quantitative estimate of drug-likeness (QED) is 0.562. The van der Waals surface area contributed by atoms with Crippen LogP contribution in [0.4, 0.5) is 4.39 Å². The van der Waals surface area contributed by atoms with Crippen LogP contribution in [0.15, 0.2) is 70.3 Å². The number of fused-ring (bicyclic) bond motifs is 1. The number of hydrogen-bond donors (Lipinski definition) is 1. The fraction of sp³-hybridized carbons (Fsp3) is 0.174. The van der Waals surface area contributed by atoms with Crippen LogP contribution >= 0.6 is 0 Å². The molecule has 0 amide bonds. The Bertz CT molecular complexity index is 1230. The topological polar surface area (TPSA) is 75.0 Å². The second-order valence-corrected chi connectivity index (χ2v) is 7.37. The molecular formula is C23H19FN4O2. The SMILES string of the molecule is O=c1[nH]c(-c2ccco2)nc2c1CN(Cc1cncc(-c3ccc(F)cc3)c1)CC2. The smallest absolute Gasteiger partial charge is 0.256 e. The maximum Gasteiger partial charge on any atom is 0.256 e. The fourth-order valence-corrected chi connectivity index (χ4v) is 3.78. The Morgan fingerprint density at radius 2 is 2.00 bits per heavy atom. The van der Waals surface area contributed by atoms with Crippen molar-refractivity contribution >= 4 is 0 Å². The molecule has 6 nitrogen and oxygen atoms in total. The van der Waals surface area contributed by atoms with Crippen LogP contribution in [-0.4, -0.2) is 26.4 Å². The maximum atomic E-state index is 13.2. The summed E-state index contributed by atoms with van der Waals surface area (Å²) in [5.41, 5.74) is 4.28. The third kappa shape index (κ3) is 3.67. The van der Waals surface area contributed by atoms with Crippen molar-refractivity contribution in [1.82, 2.24) is 19.9 Å². The standard InChI is InChI=1S/C23H19FN4O2/c24-18-5-3-16(4-6-18)17-10-15(11-25-12-17)13-28-8-7-20-19(14-28)23(29)27-22(26-20)21-2-1-9-30-21/h1-6,9-12H,7-8,13-14H2,(H,26,27,29). The van der Waals surface area contributed by atoms with E-state index >= 15 is 0 Å². The van der Waals surface area contributed by atoms with Crippen LogP contribution in [0.3, 0.4) is 0 Å². The molecule has 0 saturated heterocycles. The summed E-state index contributed by atoms with van der Waals surface area (Å²) in [5.74, 6) is 0.762. The van der Waals surface area contributed by atoms with E-state index in [1.807, 2.05) is 6.20 Å². The monoisotopic (exact) mass is 402 g/mol. The molecule has 1 N–H and O–H groups in total. The summed E-state index contributed by atoms with van der Waals surface area (Å²) >= 11 is 0. The summed E-state index contributed by atoms with van der Waals surface area (Å²) in [4.78, 5) is 26.6. The average molecular weight is 402 g/mol. The highest BCUT2D eigenvalue weighted by Gasteiger charge is 2.22. The molecule has 0 unspecified atom stereocenters. The van der Waals surface area contributed by atoms with Crippen molar-refractivity contribution in [1.29, 1.82) is 0 Å². The lowest BCUT2D eigenvalue weighted by atomic mass is 10.0. The minimum absolute atomic E-state index is 0.130. The first-order valence-corrected chi connectivity index (χ1v) is 9.74. The van der Waals surface area contributed by atoms with Crippen molar-refractivity contribution in [2.24, 2.45) is 0 Å². The number of aromatic amines is 1. The summed E-state index contributed by atoms with van der Waals surface area (Å²) in [6, 6.07) is 12.0. The van der Waals surface area contributed by atoms with Gasteiger partial charge in [-0.05, 0) is 41.5 Å². The number of aromatic nitrogens is 3. The van der Waals surface area contributed by atoms with Gasteiger partial charge in [-0.3, -0.25) is 14.7 Å². The third-order valence-corrected chi connectivity index (χ3v) is 5.28. The molecule has 0 atom stereocenters. The molecular weight excluding hydrogens is 383 g/mol. The van der Waals surface area contributed by atoms with Gasteiger partial charge in [0.15, 0.2) is 11.6 Å². The molecule has 0 aliphatic carbocycles. The van der Waals surface area contributed by atoms with Gasteiger partial charge in [0.25, 0.3) is 5.56 Å². The van der Waals surface area contributed by atoms with Gasteiger partial charge < -0.3 is 9.40 Å². The summed E-state index contributed by atoms with van der Waals surface area (Å²) < 4.78 is 18.5. The molecule has 0 fully saturated rings. The Morgan fingerprint density at radius 3 is 2.80 bits per heavy atom. The van der Waals surface area contributed by atoms with E-state index in [4.69, 9.17) is 4.42 Å². The van der Waals surface area contributed by atoms with Crippen LogP contribution < -0.4 is 5.56 Å². The van der Waals surface area contributed by atoms with Crippen molar-refractivity contribution < 1.29 is 8.81 Å². The second kappa shape index (κ2) is 7.68. The van der Waals surface area contributed by atoms with E-state index in [1.165, 1.54) is 12.1 Å². The Balaban J connectivity index is 1.35. The highest BCUT2D eigenvalue weighted by atomic mass is 19.1. The van der Waals surface area contributed by atoms with Crippen molar-refractivity contribution in [2.45, 2.75) is 19.5 Å².